The number of para-hydroxylation sites is 1. The van der Waals surface area contributed by atoms with Crippen molar-refractivity contribution in [3.63, 3.8) is 0 Å². The van der Waals surface area contributed by atoms with Crippen LogP contribution in [0.5, 0.6) is 5.75 Å². The lowest BCUT2D eigenvalue weighted by molar-refractivity contribution is 0.0384. The van der Waals surface area contributed by atoms with Gasteiger partial charge in [0, 0.05) is 67.0 Å². The van der Waals surface area contributed by atoms with Crippen LogP contribution < -0.4 is 15.8 Å². The largest absolute Gasteiger partial charge is 0.496 e. The second-order valence-electron chi connectivity index (χ2n) is 8.90. The van der Waals surface area contributed by atoms with Crippen LogP contribution in [0.25, 0.3) is 11.1 Å². The molecule has 1 aliphatic heterocycles. The van der Waals surface area contributed by atoms with Crippen LogP contribution in [-0.4, -0.2) is 64.8 Å². The Balaban J connectivity index is 1.23. The van der Waals surface area contributed by atoms with E-state index in [0.29, 0.717) is 29.6 Å². The third kappa shape index (κ3) is 6.38. The Labute approximate surface area is 216 Å². The van der Waals surface area contributed by atoms with E-state index in [2.05, 4.69) is 42.3 Å². The Morgan fingerprint density at radius 1 is 1.00 bits per heavy atom. The monoisotopic (exact) mass is 497 g/mol. The van der Waals surface area contributed by atoms with Gasteiger partial charge in [-0.15, -0.1) is 0 Å². The van der Waals surface area contributed by atoms with Crippen LogP contribution in [0.3, 0.4) is 0 Å². The fourth-order valence-electron chi connectivity index (χ4n) is 4.33. The maximum absolute atomic E-state index is 6.29. The third-order valence-electron chi connectivity index (χ3n) is 6.38. The molecule has 1 aliphatic rings. The predicted molar refractivity (Wildman–Crippen MR) is 144 cm³/mol. The van der Waals surface area contributed by atoms with Gasteiger partial charge >= 0.3 is 0 Å². The molecule has 0 bridgehead atoms. The molecule has 0 radical (unpaired) electrons. The van der Waals surface area contributed by atoms with Crippen LogP contribution in [0, 0.1) is 0 Å². The van der Waals surface area contributed by atoms with Gasteiger partial charge in [0.05, 0.1) is 20.3 Å². The number of morpholine rings is 1. The van der Waals surface area contributed by atoms with Gasteiger partial charge in [-0.05, 0) is 30.2 Å². The van der Waals surface area contributed by atoms with Crippen LogP contribution in [0.15, 0.2) is 67.1 Å². The van der Waals surface area contributed by atoms with Crippen molar-refractivity contribution in [3.8, 4) is 16.9 Å². The third-order valence-corrected chi connectivity index (χ3v) is 6.38. The fraction of sp³-hybridized carbons (Fsp3) is 0.286. The van der Waals surface area contributed by atoms with E-state index >= 15 is 0 Å². The molecule has 2 aromatic carbocycles. The average Bonchev–Trinajstić information content (AvgIpc) is 2.94. The zero-order valence-corrected chi connectivity index (χ0v) is 20.9. The summed E-state index contributed by atoms with van der Waals surface area (Å²) in [7, 11) is 1.66. The summed E-state index contributed by atoms with van der Waals surface area (Å²) >= 11 is 0. The summed E-state index contributed by atoms with van der Waals surface area (Å²) in [6, 6.07) is 16.2. The van der Waals surface area contributed by atoms with Crippen molar-refractivity contribution in [3.05, 3.63) is 84.1 Å². The highest BCUT2D eigenvalue weighted by atomic mass is 16.5. The summed E-state index contributed by atoms with van der Waals surface area (Å²) in [5.74, 6) is 2.32. The summed E-state index contributed by atoms with van der Waals surface area (Å²) in [5, 5.41) is 3.27. The van der Waals surface area contributed by atoms with Crippen molar-refractivity contribution < 1.29 is 9.47 Å². The Hall–Kier alpha value is -4.08. The summed E-state index contributed by atoms with van der Waals surface area (Å²) in [6.07, 6.45) is 6.75. The molecule has 9 heteroatoms. The molecule has 9 nitrogen and oxygen atoms in total. The molecular formula is C28H31N7O2. The van der Waals surface area contributed by atoms with Gasteiger partial charge in [0.25, 0.3) is 0 Å². The molecule has 190 valence electrons. The normalized spacial score (nSPS) is 13.9. The lowest BCUT2D eigenvalue weighted by atomic mass is 10.1. The SMILES string of the molecule is COc1ccccc1Cc1ncc(-c2cnc(Nc3cccc(CCN4CCOCC4)c3)nc2N)cn1. The molecule has 2 aromatic heterocycles. The molecule has 0 atom stereocenters. The number of rotatable bonds is 9. The second kappa shape index (κ2) is 11.8. The first-order valence-corrected chi connectivity index (χ1v) is 12.4. The molecule has 1 saturated heterocycles. The number of nitrogens with two attached hydrogens (primary N) is 1. The molecule has 0 aliphatic carbocycles. The zero-order valence-electron chi connectivity index (χ0n) is 20.9. The number of nitrogens with zero attached hydrogens (tertiary/aromatic N) is 5. The Morgan fingerprint density at radius 3 is 2.59 bits per heavy atom. The summed E-state index contributed by atoms with van der Waals surface area (Å²) in [6.45, 7) is 4.63. The average molecular weight is 498 g/mol. The molecule has 3 N–H and O–H groups in total. The Kier molecular flexibility index (Phi) is 7.83. The van der Waals surface area contributed by atoms with E-state index in [1.807, 2.05) is 36.4 Å². The van der Waals surface area contributed by atoms with E-state index in [9.17, 15) is 0 Å². The molecule has 37 heavy (non-hydrogen) atoms. The highest BCUT2D eigenvalue weighted by molar-refractivity contribution is 5.73. The van der Waals surface area contributed by atoms with Crippen LogP contribution in [-0.2, 0) is 17.6 Å². The van der Waals surface area contributed by atoms with E-state index in [1.54, 1.807) is 25.7 Å². The van der Waals surface area contributed by atoms with Gasteiger partial charge in [-0.2, -0.15) is 4.98 Å². The first-order valence-electron chi connectivity index (χ1n) is 12.4. The van der Waals surface area contributed by atoms with Crippen molar-refractivity contribution in [2.75, 3.05) is 51.0 Å². The molecule has 0 unspecified atom stereocenters. The number of aromatic nitrogens is 4. The highest BCUT2D eigenvalue weighted by Crippen LogP contribution is 2.25. The smallest absolute Gasteiger partial charge is 0.229 e. The Bertz CT molecular complexity index is 1320. The number of nitrogen functional groups attached to an aromatic ring is 1. The molecule has 5 rings (SSSR count). The van der Waals surface area contributed by atoms with E-state index in [0.717, 1.165) is 61.8 Å². The highest BCUT2D eigenvalue weighted by Gasteiger charge is 2.12. The van der Waals surface area contributed by atoms with Crippen molar-refractivity contribution in [1.82, 2.24) is 24.8 Å². The van der Waals surface area contributed by atoms with Gasteiger partial charge in [-0.3, -0.25) is 4.90 Å². The van der Waals surface area contributed by atoms with E-state index < -0.39 is 0 Å². The molecule has 0 spiro atoms. The van der Waals surface area contributed by atoms with E-state index in [-0.39, 0.29) is 0 Å². The fourth-order valence-corrected chi connectivity index (χ4v) is 4.33. The van der Waals surface area contributed by atoms with E-state index in [1.165, 1.54) is 5.56 Å². The number of methoxy groups -OCH3 is 1. The molecule has 3 heterocycles. The van der Waals surface area contributed by atoms with E-state index in [4.69, 9.17) is 15.2 Å². The summed E-state index contributed by atoms with van der Waals surface area (Å²) in [4.78, 5) is 20.4. The maximum atomic E-state index is 6.29. The number of hydrogen-bond acceptors (Lipinski definition) is 9. The number of nitrogens with one attached hydrogen (secondary N) is 1. The number of ether oxygens (including phenoxy) is 2. The van der Waals surface area contributed by atoms with Gasteiger partial charge in [-0.25, -0.2) is 15.0 Å². The zero-order chi connectivity index (χ0) is 25.5. The lowest BCUT2D eigenvalue weighted by Crippen LogP contribution is -2.37. The van der Waals surface area contributed by atoms with Gasteiger partial charge < -0.3 is 20.5 Å². The topological polar surface area (TPSA) is 111 Å². The summed E-state index contributed by atoms with van der Waals surface area (Å²) < 4.78 is 10.9. The number of benzene rings is 2. The van der Waals surface area contributed by atoms with Crippen LogP contribution in [0.4, 0.5) is 17.5 Å². The van der Waals surface area contributed by atoms with Crippen LogP contribution in [0.1, 0.15) is 17.0 Å². The van der Waals surface area contributed by atoms with Crippen LogP contribution in [0.2, 0.25) is 0 Å². The summed E-state index contributed by atoms with van der Waals surface area (Å²) in [5.41, 5.74) is 10.9. The Morgan fingerprint density at radius 2 is 1.81 bits per heavy atom. The minimum absolute atomic E-state index is 0.363. The molecule has 0 saturated carbocycles. The molecule has 1 fully saturated rings. The minimum Gasteiger partial charge on any atom is -0.496 e. The number of hydrogen-bond donors (Lipinski definition) is 2. The van der Waals surface area contributed by atoms with Gasteiger partial charge in [0.2, 0.25) is 5.95 Å². The minimum atomic E-state index is 0.363. The lowest BCUT2D eigenvalue weighted by Gasteiger charge is -2.26. The number of anilines is 3. The predicted octanol–water partition coefficient (Wildman–Crippen LogP) is 3.73. The van der Waals surface area contributed by atoms with Crippen molar-refractivity contribution in [2.24, 2.45) is 0 Å². The van der Waals surface area contributed by atoms with Crippen molar-refractivity contribution >= 4 is 17.5 Å². The van der Waals surface area contributed by atoms with Crippen molar-refractivity contribution in [1.29, 1.82) is 0 Å². The molecular weight excluding hydrogens is 466 g/mol. The first kappa shape index (κ1) is 24.6. The second-order valence-corrected chi connectivity index (χ2v) is 8.90. The quantitative estimate of drug-likeness (QED) is 0.357. The van der Waals surface area contributed by atoms with Crippen molar-refractivity contribution in [2.45, 2.75) is 12.8 Å². The van der Waals surface area contributed by atoms with Gasteiger partial charge in [0.1, 0.15) is 17.4 Å². The molecule has 4 aromatic rings. The first-order chi connectivity index (χ1) is 18.2. The standard InChI is InChI=1S/C28H31N7O2/c1-36-25-8-3-2-6-21(25)16-26-30-17-22(18-31-26)24-19-32-28(34-27(24)29)33-23-7-4-5-20(15-23)9-10-35-11-13-37-14-12-35/h2-8,15,17-19H,9-14,16H2,1H3,(H3,29,32,33,34). The maximum Gasteiger partial charge on any atom is 0.229 e. The van der Waals surface area contributed by atoms with Gasteiger partial charge in [0.15, 0.2) is 0 Å². The molecule has 0 amide bonds. The van der Waals surface area contributed by atoms with Gasteiger partial charge in [-0.1, -0.05) is 30.3 Å². The van der Waals surface area contributed by atoms with Crippen LogP contribution >= 0.6 is 0 Å².